The summed E-state index contributed by atoms with van der Waals surface area (Å²) in [6.07, 6.45) is 6.30. The molecule has 1 aliphatic heterocycles. The molecular formula is C14H21ClN4O. The molecule has 1 fully saturated rings. The molecule has 1 aliphatic rings. The van der Waals surface area contributed by atoms with Crippen molar-refractivity contribution in [1.29, 1.82) is 0 Å². The molecule has 0 atom stereocenters. The lowest BCUT2D eigenvalue weighted by Gasteiger charge is -2.30. The fraction of sp³-hybridized carbons (Fsp3) is 0.643. The Morgan fingerprint density at radius 3 is 2.80 bits per heavy atom. The minimum absolute atomic E-state index is 0.193. The third-order valence-electron chi connectivity index (χ3n) is 3.67. The number of rotatable bonds is 5. The zero-order valence-corrected chi connectivity index (χ0v) is 12.6. The van der Waals surface area contributed by atoms with Gasteiger partial charge in [0.15, 0.2) is 0 Å². The smallest absolute Gasteiger partial charge is 0.271 e. The van der Waals surface area contributed by atoms with E-state index in [0.29, 0.717) is 17.4 Å². The van der Waals surface area contributed by atoms with Crippen molar-refractivity contribution in [2.45, 2.75) is 26.2 Å². The number of carbonyl (C=O) groups excluding carboxylic acids is 1. The molecule has 0 radical (unpaired) electrons. The number of amides is 1. The molecule has 1 saturated heterocycles. The lowest BCUT2D eigenvalue weighted by atomic mass is 9.99. The molecule has 0 bridgehead atoms. The highest BCUT2D eigenvalue weighted by atomic mass is 35.5. The van der Waals surface area contributed by atoms with Gasteiger partial charge in [-0.2, -0.15) is 0 Å². The van der Waals surface area contributed by atoms with Crippen molar-refractivity contribution >= 4 is 17.5 Å². The largest absolute Gasteiger partial charge is 0.351 e. The summed E-state index contributed by atoms with van der Waals surface area (Å²) in [4.78, 5) is 22.0. The standard InChI is InChI=1S/C14H21ClN4O/c1-11-3-7-19(8-4-11)6-2-5-16-14(20)12-9-18-13(15)10-17-12/h9-11H,2-8H2,1H3,(H,16,20). The van der Waals surface area contributed by atoms with Crippen LogP contribution in [0.3, 0.4) is 0 Å². The first kappa shape index (κ1) is 15.2. The predicted octanol–water partition coefficient (Wildman–Crippen LogP) is 1.98. The van der Waals surface area contributed by atoms with Gasteiger partial charge in [0, 0.05) is 6.54 Å². The summed E-state index contributed by atoms with van der Waals surface area (Å²) >= 11 is 5.63. The summed E-state index contributed by atoms with van der Waals surface area (Å²) in [6.45, 7) is 6.37. The van der Waals surface area contributed by atoms with Gasteiger partial charge in [-0.15, -0.1) is 0 Å². The van der Waals surface area contributed by atoms with Gasteiger partial charge >= 0.3 is 0 Å². The maximum Gasteiger partial charge on any atom is 0.271 e. The molecule has 1 aromatic rings. The second kappa shape index (κ2) is 7.55. The third kappa shape index (κ3) is 4.72. The van der Waals surface area contributed by atoms with E-state index in [9.17, 15) is 4.79 Å². The van der Waals surface area contributed by atoms with Crippen molar-refractivity contribution in [3.63, 3.8) is 0 Å². The Balaban J connectivity index is 1.63. The van der Waals surface area contributed by atoms with Gasteiger partial charge in [0.05, 0.1) is 12.4 Å². The Morgan fingerprint density at radius 2 is 2.15 bits per heavy atom. The topological polar surface area (TPSA) is 58.1 Å². The molecule has 0 saturated carbocycles. The number of hydrogen-bond acceptors (Lipinski definition) is 4. The molecule has 1 amide bonds. The fourth-order valence-electron chi connectivity index (χ4n) is 2.31. The second-order valence-corrected chi connectivity index (χ2v) is 5.75. The molecule has 6 heteroatoms. The van der Waals surface area contributed by atoms with E-state index in [0.717, 1.165) is 18.9 Å². The minimum atomic E-state index is -0.193. The monoisotopic (exact) mass is 296 g/mol. The molecule has 2 heterocycles. The second-order valence-electron chi connectivity index (χ2n) is 5.36. The summed E-state index contributed by atoms with van der Waals surface area (Å²) in [5.74, 6) is 0.663. The van der Waals surface area contributed by atoms with Crippen molar-refractivity contribution in [2.24, 2.45) is 5.92 Å². The van der Waals surface area contributed by atoms with Crippen molar-refractivity contribution in [3.8, 4) is 0 Å². The van der Waals surface area contributed by atoms with Crippen LogP contribution in [0.25, 0.3) is 0 Å². The molecule has 20 heavy (non-hydrogen) atoms. The van der Waals surface area contributed by atoms with Crippen LogP contribution < -0.4 is 5.32 Å². The normalized spacial score (nSPS) is 17.1. The van der Waals surface area contributed by atoms with Gasteiger partial charge in [-0.05, 0) is 44.8 Å². The van der Waals surface area contributed by atoms with Gasteiger partial charge in [0.2, 0.25) is 0 Å². The van der Waals surface area contributed by atoms with Gasteiger partial charge in [-0.3, -0.25) is 4.79 Å². The molecule has 2 rings (SSSR count). The zero-order valence-electron chi connectivity index (χ0n) is 11.8. The Hall–Kier alpha value is -1.20. The van der Waals surface area contributed by atoms with Crippen LogP contribution >= 0.6 is 11.6 Å². The van der Waals surface area contributed by atoms with Crippen LogP contribution in [0.4, 0.5) is 0 Å². The van der Waals surface area contributed by atoms with E-state index in [1.54, 1.807) is 0 Å². The zero-order chi connectivity index (χ0) is 14.4. The van der Waals surface area contributed by atoms with Crippen LogP contribution in [-0.4, -0.2) is 47.0 Å². The van der Waals surface area contributed by atoms with E-state index in [-0.39, 0.29) is 5.91 Å². The van der Waals surface area contributed by atoms with E-state index in [1.165, 1.54) is 38.3 Å². The van der Waals surface area contributed by atoms with E-state index in [1.807, 2.05) is 0 Å². The summed E-state index contributed by atoms with van der Waals surface area (Å²) < 4.78 is 0. The number of carbonyl (C=O) groups is 1. The maximum absolute atomic E-state index is 11.8. The Labute approximate surface area is 124 Å². The summed E-state index contributed by atoms with van der Waals surface area (Å²) in [5, 5.41) is 3.15. The molecule has 0 aromatic carbocycles. The Kier molecular flexibility index (Phi) is 5.73. The van der Waals surface area contributed by atoms with Crippen LogP contribution in [0.15, 0.2) is 12.4 Å². The number of likely N-dealkylation sites (tertiary alicyclic amines) is 1. The first-order valence-corrected chi connectivity index (χ1v) is 7.51. The number of hydrogen-bond donors (Lipinski definition) is 1. The van der Waals surface area contributed by atoms with E-state index >= 15 is 0 Å². The van der Waals surface area contributed by atoms with Crippen LogP contribution in [0.5, 0.6) is 0 Å². The van der Waals surface area contributed by atoms with Crippen LogP contribution in [-0.2, 0) is 0 Å². The van der Waals surface area contributed by atoms with Crippen molar-refractivity contribution in [1.82, 2.24) is 20.2 Å². The lowest BCUT2D eigenvalue weighted by Crippen LogP contribution is -2.35. The molecule has 0 unspecified atom stereocenters. The maximum atomic E-state index is 11.8. The highest BCUT2D eigenvalue weighted by Gasteiger charge is 2.15. The number of nitrogens with one attached hydrogen (secondary N) is 1. The quantitative estimate of drug-likeness (QED) is 0.844. The first-order chi connectivity index (χ1) is 9.65. The van der Waals surface area contributed by atoms with Gasteiger partial charge in [0.1, 0.15) is 10.8 Å². The highest BCUT2D eigenvalue weighted by molar-refractivity contribution is 6.29. The Morgan fingerprint density at radius 1 is 1.40 bits per heavy atom. The molecule has 110 valence electrons. The van der Waals surface area contributed by atoms with Crippen LogP contribution in [0.1, 0.15) is 36.7 Å². The highest BCUT2D eigenvalue weighted by Crippen LogP contribution is 2.15. The van der Waals surface area contributed by atoms with E-state index in [4.69, 9.17) is 11.6 Å². The number of halogens is 1. The van der Waals surface area contributed by atoms with Crippen molar-refractivity contribution in [2.75, 3.05) is 26.2 Å². The van der Waals surface area contributed by atoms with Gasteiger partial charge < -0.3 is 10.2 Å². The molecule has 0 spiro atoms. The average molecular weight is 297 g/mol. The predicted molar refractivity (Wildman–Crippen MR) is 78.8 cm³/mol. The minimum Gasteiger partial charge on any atom is -0.351 e. The number of nitrogens with zero attached hydrogens (tertiary/aromatic N) is 3. The molecular weight excluding hydrogens is 276 g/mol. The molecule has 5 nitrogen and oxygen atoms in total. The Bertz CT molecular complexity index is 429. The van der Waals surface area contributed by atoms with Gasteiger partial charge in [-0.25, -0.2) is 9.97 Å². The molecule has 1 aromatic heterocycles. The first-order valence-electron chi connectivity index (χ1n) is 7.13. The van der Waals surface area contributed by atoms with Gasteiger partial charge in [0.25, 0.3) is 5.91 Å². The molecule has 1 N–H and O–H groups in total. The van der Waals surface area contributed by atoms with E-state index < -0.39 is 0 Å². The fourth-order valence-corrected chi connectivity index (χ4v) is 2.41. The van der Waals surface area contributed by atoms with Gasteiger partial charge in [-0.1, -0.05) is 18.5 Å². The summed E-state index contributed by atoms with van der Waals surface area (Å²) in [5.41, 5.74) is 0.307. The SMILES string of the molecule is CC1CCN(CCCNC(=O)c2cnc(Cl)cn2)CC1. The third-order valence-corrected chi connectivity index (χ3v) is 3.86. The van der Waals surface area contributed by atoms with Crippen molar-refractivity contribution in [3.05, 3.63) is 23.2 Å². The van der Waals surface area contributed by atoms with Crippen LogP contribution in [0, 0.1) is 5.92 Å². The lowest BCUT2D eigenvalue weighted by molar-refractivity contribution is 0.0945. The number of piperidine rings is 1. The molecule has 0 aliphatic carbocycles. The summed E-state index contributed by atoms with van der Waals surface area (Å²) in [7, 11) is 0. The summed E-state index contributed by atoms with van der Waals surface area (Å²) in [6, 6.07) is 0. The average Bonchev–Trinajstić information content (AvgIpc) is 2.46. The number of aromatic nitrogens is 2. The van der Waals surface area contributed by atoms with E-state index in [2.05, 4.69) is 27.1 Å². The van der Waals surface area contributed by atoms with Crippen LogP contribution in [0.2, 0.25) is 5.15 Å². The van der Waals surface area contributed by atoms with Crippen molar-refractivity contribution < 1.29 is 4.79 Å².